The minimum Gasteiger partial charge on any atom is -0.450 e. The second-order valence-electron chi connectivity index (χ2n) is 6.46. The maximum absolute atomic E-state index is 6.12. The van der Waals surface area contributed by atoms with E-state index in [1.54, 1.807) is 0 Å². The molecule has 2 unspecified atom stereocenters. The van der Waals surface area contributed by atoms with E-state index in [0.717, 1.165) is 41.8 Å². The molecule has 2 N–H and O–H groups in total. The predicted octanol–water partition coefficient (Wildman–Crippen LogP) is 2.50. The molecule has 0 saturated carbocycles. The number of furan rings is 1. The monoisotopic (exact) mass is 329 g/mol. The molecule has 0 aliphatic carbocycles. The zero-order chi connectivity index (χ0) is 15.7. The molecule has 4 heterocycles. The van der Waals surface area contributed by atoms with Gasteiger partial charge in [0, 0.05) is 35.6 Å². The highest BCUT2D eigenvalue weighted by molar-refractivity contribution is 6.31. The largest absolute Gasteiger partial charge is 0.450 e. The number of nitrogen functional groups attached to an aromatic ring is 1. The molecule has 2 fully saturated rings. The van der Waals surface area contributed by atoms with Crippen molar-refractivity contribution in [1.29, 1.82) is 0 Å². The number of hydrogen-bond acceptors (Lipinski definition) is 6. The van der Waals surface area contributed by atoms with E-state index in [2.05, 4.69) is 26.8 Å². The molecule has 5 rings (SSSR count). The SMILES string of the molecule is CN1CC2CC1CN2c1nc(N)nc2c1oc1ccc(Cl)cc12. The molecule has 23 heavy (non-hydrogen) atoms. The fourth-order valence-corrected chi connectivity index (χ4v) is 4.11. The molecule has 2 atom stereocenters. The number of likely N-dealkylation sites (N-methyl/N-ethyl adjacent to an activating group) is 1. The van der Waals surface area contributed by atoms with E-state index in [-0.39, 0.29) is 5.95 Å². The molecule has 1 aromatic carbocycles. The number of nitrogens with two attached hydrogens (primary N) is 1. The fraction of sp³-hybridized carbons (Fsp3) is 0.375. The van der Waals surface area contributed by atoms with Crippen LogP contribution in [-0.2, 0) is 0 Å². The van der Waals surface area contributed by atoms with Gasteiger partial charge in [0.2, 0.25) is 5.95 Å². The van der Waals surface area contributed by atoms with Crippen LogP contribution in [0.4, 0.5) is 11.8 Å². The lowest BCUT2D eigenvalue weighted by Gasteiger charge is -2.32. The molecular formula is C16H16ClN5O. The fourth-order valence-electron chi connectivity index (χ4n) is 3.94. The van der Waals surface area contributed by atoms with Crippen molar-refractivity contribution in [3.8, 4) is 0 Å². The van der Waals surface area contributed by atoms with Crippen molar-refractivity contribution in [2.75, 3.05) is 30.8 Å². The van der Waals surface area contributed by atoms with Crippen molar-refractivity contribution in [2.45, 2.75) is 18.5 Å². The number of likely N-dealkylation sites (tertiary alicyclic amines) is 1. The van der Waals surface area contributed by atoms with Gasteiger partial charge >= 0.3 is 0 Å². The van der Waals surface area contributed by atoms with Crippen LogP contribution >= 0.6 is 11.6 Å². The zero-order valence-corrected chi connectivity index (χ0v) is 13.4. The summed E-state index contributed by atoms with van der Waals surface area (Å²) >= 11 is 6.12. The topological polar surface area (TPSA) is 71.4 Å². The van der Waals surface area contributed by atoms with Gasteiger partial charge in [-0.25, -0.2) is 4.98 Å². The summed E-state index contributed by atoms with van der Waals surface area (Å²) in [5.41, 5.74) is 8.17. The van der Waals surface area contributed by atoms with Crippen LogP contribution in [0.5, 0.6) is 0 Å². The molecule has 2 aliphatic rings. The van der Waals surface area contributed by atoms with Gasteiger partial charge in [-0.15, -0.1) is 0 Å². The summed E-state index contributed by atoms with van der Waals surface area (Å²) < 4.78 is 6.05. The van der Waals surface area contributed by atoms with Gasteiger partial charge < -0.3 is 15.1 Å². The summed E-state index contributed by atoms with van der Waals surface area (Å²) in [5, 5.41) is 1.53. The second kappa shape index (κ2) is 4.49. The smallest absolute Gasteiger partial charge is 0.222 e. The molecular weight excluding hydrogens is 314 g/mol. The number of rotatable bonds is 1. The lowest BCUT2D eigenvalue weighted by Crippen LogP contribution is -2.45. The van der Waals surface area contributed by atoms with Gasteiger partial charge in [-0.1, -0.05) is 11.6 Å². The molecule has 0 spiro atoms. The maximum Gasteiger partial charge on any atom is 0.222 e. The van der Waals surface area contributed by atoms with Gasteiger partial charge in [-0.3, -0.25) is 4.90 Å². The Morgan fingerprint density at radius 1 is 1.26 bits per heavy atom. The van der Waals surface area contributed by atoms with Gasteiger partial charge in [0.05, 0.1) is 0 Å². The Labute approximate surface area is 137 Å². The first-order valence-corrected chi connectivity index (χ1v) is 8.10. The van der Waals surface area contributed by atoms with Gasteiger partial charge in [0.1, 0.15) is 11.1 Å². The predicted molar refractivity (Wildman–Crippen MR) is 90.9 cm³/mol. The molecule has 0 radical (unpaired) electrons. The van der Waals surface area contributed by atoms with E-state index in [1.165, 1.54) is 0 Å². The third kappa shape index (κ3) is 1.85. The van der Waals surface area contributed by atoms with Crippen molar-refractivity contribution in [3.05, 3.63) is 23.2 Å². The van der Waals surface area contributed by atoms with Crippen LogP contribution in [0.1, 0.15) is 6.42 Å². The number of hydrogen-bond donors (Lipinski definition) is 1. The molecule has 118 valence electrons. The summed E-state index contributed by atoms with van der Waals surface area (Å²) in [5.74, 6) is 1.08. The quantitative estimate of drug-likeness (QED) is 0.739. The summed E-state index contributed by atoms with van der Waals surface area (Å²) in [6.45, 7) is 1.99. The Morgan fingerprint density at radius 3 is 2.87 bits per heavy atom. The third-order valence-electron chi connectivity index (χ3n) is 5.06. The van der Waals surface area contributed by atoms with Crippen LogP contribution in [0.25, 0.3) is 22.1 Å². The zero-order valence-electron chi connectivity index (χ0n) is 12.7. The Hall–Kier alpha value is -2.05. The molecule has 7 heteroatoms. The van der Waals surface area contributed by atoms with Crippen LogP contribution in [0.15, 0.2) is 22.6 Å². The first kappa shape index (κ1) is 13.4. The van der Waals surface area contributed by atoms with Crippen LogP contribution in [0.3, 0.4) is 0 Å². The normalized spacial score (nSPS) is 24.3. The number of fused-ring (bicyclic) bond motifs is 5. The van der Waals surface area contributed by atoms with Crippen molar-refractivity contribution >= 4 is 45.4 Å². The van der Waals surface area contributed by atoms with Crippen LogP contribution in [0, 0.1) is 0 Å². The van der Waals surface area contributed by atoms with E-state index >= 15 is 0 Å². The first-order valence-electron chi connectivity index (χ1n) is 7.72. The van der Waals surface area contributed by atoms with E-state index in [1.807, 2.05) is 18.2 Å². The number of halogens is 1. The van der Waals surface area contributed by atoms with Crippen LogP contribution in [-0.4, -0.2) is 47.1 Å². The Bertz CT molecular complexity index is 937. The van der Waals surface area contributed by atoms with Crippen LogP contribution < -0.4 is 10.6 Å². The van der Waals surface area contributed by atoms with Crippen molar-refractivity contribution in [2.24, 2.45) is 0 Å². The highest BCUT2D eigenvalue weighted by Gasteiger charge is 2.43. The number of aromatic nitrogens is 2. The minimum atomic E-state index is 0.270. The second-order valence-corrected chi connectivity index (χ2v) is 6.90. The summed E-state index contributed by atoms with van der Waals surface area (Å²) in [7, 11) is 2.18. The molecule has 3 aromatic rings. The Balaban J connectivity index is 1.74. The average Bonchev–Trinajstić information content (AvgIpc) is 3.18. The standard InChI is InChI=1S/C16H16ClN5O/c1-21-6-10-5-9(21)7-22(10)15-14-13(19-16(18)20-15)11-4-8(17)2-3-12(11)23-14/h2-4,9-10H,5-7H2,1H3,(H2,18,19,20). The Morgan fingerprint density at radius 2 is 2.13 bits per heavy atom. The average molecular weight is 330 g/mol. The number of anilines is 2. The minimum absolute atomic E-state index is 0.270. The lowest BCUT2D eigenvalue weighted by molar-refractivity contribution is 0.292. The van der Waals surface area contributed by atoms with Crippen molar-refractivity contribution in [3.63, 3.8) is 0 Å². The highest BCUT2D eigenvalue weighted by atomic mass is 35.5. The molecule has 6 nitrogen and oxygen atoms in total. The van der Waals surface area contributed by atoms with E-state index in [4.69, 9.17) is 21.8 Å². The number of nitrogens with zero attached hydrogens (tertiary/aromatic N) is 4. The number of piperazine rings is 1. The van der Waals surface area contributed by atoms with Crippen LogP contribution in [0.2, 0.25) is 5.02 Å². The lowest BCUT2D eigenvalue weighted by atomic mass is 10.2. The molecule has 2 saturated heterocycles. The van der Waals surface area contributed by atoms with Gasteiger partial charge in [0.15, 0.2) is 11.4 Å². The van der Waals surface area contributed by atoms with Crippen molar-refractivity contribution in [1.82, 2.24) is 14.9 Å². The van der Waals surface area contributed by atoms with Gasteiger partial charge in [-0.05, 0) is 31.7 Å². The molecule has 0 amide bonds. The highest BCUT2D eigenvalue weighted by Crippen LogP contribution is 2.39. The third-order valence-corrected chi connectivity index (χ3v) is 5.30. The summed E-state index contributed by atoms with van der Waals surface area (Å²) in [4.78, 5) is 13.6. The van der Waals surface area contributed by atoms with E-state index < -0.39 is 0 Å². The first-order chi connectivity index (χ1) is 11.1. The molecule has 2 aromatic heterocycles. The Kier molecular flexibility index (Phi) is 2.61. The summed E-state index contributed by atoms with van der Waals surface area (Å²) in [6, 6.07) is 6.58. The van der Waals surface area contributed by atoms with Gasteiger partial charge in [-0.2, -0.15) is 4.98 Å². The van der Waals surface area contributed by atoms with Gasteiger partial charge in [0.25, 0.3) is 0 Å². The summed E-state index contributed by atoms with van der Waals surface area (Å²) in [6.07, 6.45) is 1.16. The van der Waals surface area contributed by atoms with E-state index in [9.17, 15) is 0 Å². The molecule has 2 bridgehead atoms. The van der Waals surface area contributed by atoms with E-state index in [0.29, 0.717) is 22.7 Å². The van der Waals surface area contributed by atoms with Crippen molar-refractivity contribution < 1.29 is 4.42 Å². The maximum atomic E-state index is 6.12. The number of benzene rings is 1. The molecule has 2 aliphatic heterocycles.